The van der Waals surface area contributed by atoms with E-state index < -0.39 is 16.5 Å². The molecular formula is C20H19F2N3O2S. The van der Waals surface area contributed by atoms with Crippen LogP contribution in [0.25, 0.3) is 0 Å². The number of carbonyl (C=O) groups excluding carboxylic acids is 1. The van der Waals surface area contributed by atoms with Crippen LogP contribution in [0.2, 0.25) is 0 Å². The highest BCUT2D eigenvalue weighted by atomic mass is 32.2. The van der Waals surface area contributed by atoms with E-state index >= 15 is 0 Å². The molecule has 1 amide bonds. The van der Waals surface area contributed by atoms with Crippen molar-refractivity contribution >= 4 is 22.7 Å². The molecule has 2 aromatic rings. The molecule has 4 rings (SSSR count). The van der Waals surface area contributed by atoms with Crippen LogP contribution in [0.3, 0.4) is 0 Å². The summed E-state index contributed by atoms with van der Waals surface area (Å²) in [7, 11) is 0. The molecule has 2 heterocycles. The van der Waals surface area contributed by atoms with Crippen LogP contribution in [0.4, 0.5) is 8.78 Å². The lowest BCUT2D eigenvalue weighted by Gasteiger charge is -2.45. The summed E-state index contributed by atoms with van der Waals surface area (Å²) in [4.78, 5) is 11.7. The van der Waals surface area contributed by atoms with Gasteiger partial charge in [-0.1, -0.05) is 30.0 Å². The third-order valence-corrected chi connectivity index (χ3v) is 6.50. The third-order valence-electron chi connectivity index (χ3n) is 4.95. The highest BCUT2D eigenvalue weighted by Gasteiger charge is 2.56. The van der Waals surface area contributed by atoms with Gasteiger partial charge in [-0.15, -0.1) is 0 Å². The topological polar surface area (TPSA) is 67.9 Å². The first-order chi connectivity index (χ1) is 13.5. The second kappa shape index (κ2) is 7.18. The van der Waals surface area contributed by atoms with E-state index in [1.54, 1.807) is 0 Å². The average molecular weight is 403 g/mol. The quantitative estimate of drug-likeness (QED) is 0.853. The van der Waals surface area contributed by atoms with Gasteiger partial charge in [0.05, 0.1) is 6.61 Å². The van der Waals surface area contributed by atoms with Gasteiger partial charge in [-0.25, -0.2) is 13.8 Å². The second-order valence-corrected chi connectivity index (χ2v) is 7.99. The maximum atomic E-state index is 13.8. The Kier molecular flexibility index (Phi) is 4.84. The number of hydrogen-bond acceptors (Lipinski definition) is 5. The standard InChI is InChI=1S/C20H19F2N3O2S/c1-12(26)25-20(28-19(24-25)13-8-15(21)10-16(22)9-13)14(6-7-23)11-27-18-5-3-2-4-17(18)20/h2-5,8-10,14H,6-7,11,23H2,1H3/t14?,20-/m1/s1. The summed E-state index contributed by atoms with van der Waals surface area (Å²) in [5.74, 6) is -1.13. The Morgan fingerprint density at radius 1 is 1.32 bits per heavy atom. The van der Waals surface area contributed by atoms with Crippen molar-refractivity contribution in [1.29, 1.82) is 0 Å². The Labute approximate surface area is 165 Å². The van der Waals surface area contributed by atoms with Gasteiger partial charge in [0, 0.05) is 30.0 Å². The molecule has 0 radical (unpaired) electrons. The van der Waals surface area contributed by atoms with Crippen molar-refractivity contribution in [2.75, 3.05) is 13.2 Å². The first-order valence-corrected chi connectivity index (χ1v) is 9.74. The molecular weight excluding hydrogens is 384 g/mol. The number of nitrogens with two attached hydrogens (primary N) is 1. The van der Waals surface area contributed by atoms with E-state index in [0.29, 0.717) is 35.9 Å². The fourth-order valence-corrected chi connectivity index (χ4v) is 5.33. The van der Waals surface area contributed by atoms with Gasteiger partial charge in [-0.05, 0) is 31.2 Å². The van der Waals surface area contributed by atoms with Crippen LogP contribution in [0, 0.1) is 17.6 Å². The molecule has 5 nitrogen and oxygen atoms in total. The van der Waals surface area contributed by atoms with Gasteiger partial charge in [0.2, 0.25) is 5.91 Å². The number of ether oxygens (including phenoxy) is 1. The molecule has 2 aliphatic heterocycles. The highest BCUT2D eigenvalue weighted by Crippen LogP contribution is 2.57. The lowest BCUT2D eigenvalue weighted by atomic mass is 9.86. The Morgan fingerprint density at radius 2 is 2.04 bits per heavy atom. The van der Waals surface area contributed by atoms with Crippen LogP contribution in [0.5, 0.6) is 5.75 Å². The number of para-hydroxylation sites is 1. The molecule has 2 aromatic carbocycles. The first kappa shape index (κ1) is 18.9. The summed E-state index contributed by atoms with van der Waals surface area (Å²) in [5, 5.41) is 6.28. The van der Waals surface area contributed by atoms with E-state index in [1.807, 2.05) is 24.3 Å². The highest BCUT2D eigenvalue weighted by molar-refractivity contribution is 8.15. The Hall–Kier alpha value is -2.45. The summed E-state index contributed by atoms with van der Waals surface area (Å²) in [5.41, 5.74) is 6.93. The van der Waals surface area contributed by atoms with Crippen molar-refractivity contribution in [3.8, 4) is 5.75 Å². The maximum Gasteiger partial charge on any atom is 0.241 e. The molecule has 0 saturated heterocycles. The van der Waals surface area contributed by atoms with Crippen molar-refractivity contribution < 1.29 is 18.3 Å². The first-order valence-electron chi connectivity index (χ1n) is 8.93. The number of hydrazone groups is 1. The predicted molar refractivity (Wildman–Crippen MR) is 104 cm³/mol. The molecule has 2 N–H and O–H groups in total. The van der Waals surface area contributed by atoms with Crippen LogP contribution in [-0.4, -0.2) is 29.1 Å². The molecule has 1 spiro atoms. The molecule has 1 unspecified atom stereocenters. The van der Waals surface area contributed by atoms with Gasteiger partial charge in [-0.2, -0.15) is 5.10 Å². The van der Waals surface area contributed by atoms with Crippen molar-refractivity contribution in [2.24, 2.45) is 16.8 Å². The summed E-state index contributed by atoms with van der Waals surface area (Å²) < 4.78 is 33.5. The summed E-state index contributed by atoms with van der Waals surface area (Å²) in [6, 6.07) is 10.7. The molecule has 2 aliphatic rings. The minimum absolute atomic E-state index is 0.138. The van der Waals surface area contributed by atoms with Gasteiger partial charge in [0.1, 0.15) is 22.4 Å². The van der Waals surface area contributed by atoms with Crippen LogP contribution >= 0.6 is 11.8 Å². The number of amides is 1. The zero-order chi connectivity index (χ0) is 19.9. The minimum atomic E-state index is -0.877. The van der Waals surface area contributed by atoms with Crippen LogP contribution in [0.15, 0.2) is 47.6 Å². The molecule has 0 aliphatic carbocycles. The van der Waals surface area contributed by atoms with E-state index in [1.165, 1.54) is 35.8 Å². The fourth-order valence-electron chi connectivity index (χ4n) is 3.79. The van der Waals surface area contributed by atoms with Crippen LogP contribution in [-0.2, 0) is 9.67 Å². The predicted octanol–water partition coefficient (Wildman–Crippen LogP) is 3.43. The van der Waals surface area contributed by atoms with Gasteiger partial charge < -0.3 is 10.5 Å². The number of fused-ring (bicyclic) bond motifs is 2. The Balaban J connectivity index is 1.88. The number of nitrogens with zero attached hydrogens (tertiary/aromatic N) is 2. The van der Waals surface area contributed by atoms with Crippen LogP contribution < -0.4 is 10.5 Å². The number of carbonyl (C=O) groups is 1. The largest absolute Gasteiger partial charge is 0.493 e. The molecule has 146 valence electrons. The summed E-state index contributed by atoms with van der Waals surface area (Å²) in [6.07, 6.45) is 0.603. The SMILES string of the molecule is CC(=O)N1N=C(c2cc(F)cc(F)c2)S[C@]12c1ccccc1OCC2CCN. The second-order valence-electron chi connectivity index (χ2n) is 6.77. The average Bonchev–Trinajstić information content (AvgIpc) is 3.05. The van der Waals surface area contributed by atoms with E-state index in [4.69, 9.17) is 10.5 Å². The molecule has 0 bridgehead atoms. The molecule has 0 aromatic heterocycles. The van der Waals surface area contributed by atoms with Gasteiger partial charge >= 0.3 is 0 Å². The maximum absolute atomic E-state index is 13.8. The lowest BCUT2D eigenvalue weighted by Crippen LogP contribution is -2.51. The van der Waals surface area contributed by atoms with E-state index in [2.05, 4.69) is 5.10 Å². The van der Waals surface area contributed by atoms with Crippen molar-refractivity contribution in [3.63, 3.8) is 0 Å². The Bertz CT molecular complexity index is 948. The number of halogens is 2. The lowest BCUT2D eigenvalue weighted by molar-refractivity contribution is -0.134. The van der Waals surface area contributed by atoms with E-state index in [0.717, 1.165) is 11.6 Å². The number of thioether (sulfide) groups is 1. The summed E-state index contributed by atoms with van der Waals surface area (Å²) >= 11 is 1.32. The number of rotatable bonds is 3. The zero-order valence-electron chi connectivity index (χ0n) is 15.2. The van der Waals surface area contributed by atoms with E-state index in [-0.39, 0.29) is 11.8 Å². The normalized spacial score (nSPS) is 23.4. The van der Waals surface area contributed by atoms with Gasteiger partial charge in [0.25, 0.3) is 0 Å². The smallest absolute Gasteiger partial charge is 0.241 e. The molecule has 2 atom stereocenters. The van der Waals surface area contributed by atoms with Crippen LogP contribution in [0.1, 0.15) is 24.5 Å². The monoisotopic (exact) mass is 403 g/mol. The Morgan fingerprint density at radius 3 is 2.71 bits per heavy atom. The molecule has 0 saturated carbocycles. The third kappa shape index (κ3) is 2.97. The number of benzene rings is 2. The molecule has 0 fully saturated rings. The molecule has 28 heavy (non-hydrogen) atoms. The number of hydrogen-bond donors (Lipinski definition) is 1. The van der Waals surface area contributed by atoms with Crippen molar-refractivity contribution in [3.05, 3.63) is 65.2 Å². The van der Waals surface area contributed by atoms with Gasteiger partial charge in [-0.3, -0.25) is 4.79 Å². The van der Waals surface area contributed by atoms with Crippen molar-refractivity contribution in [1.82, 2.24) is 5.01 Å². The summed E-state index contributed by atoms with van der Waals surface area (Å²) in [6.45, 7) is 2.21. The fraction of sp³-hybridized carbons (Fsp3) is 0.300. The zero-order valence-corrected chi connectivity index (χ0v) is 16.0. The van der Waals surface area contributed by atoms with Gasteiger partial charge in [0.15, 0.2) is 4.87 Å². The minimum Gasteiger partial charge on any atom is -0.493 e. The molecule has 8 heteroatoms. The van der Waals surface area contributed by atoms with E-state index in [9.17, 15) is 13.6 Å². The van der Waals surface area contributed by atoms with Crippen molar-refractivity contribution in [2.45, 2.75) is 18.2 Å².